The lowest BCUT2D eigenvalue weighted by atomic mass is 10.0. The highest BCUT2D eigenvalue weighted by Gasteiger charge is 2.13. The first-order valence-corrected chi connectivity index (χ1v) is 7.14. The maximum Gasteiger partial charge on any atom is 0.101 e. The molecule has 0 unspecified atom stereocenters. The van der Waals surface area contributed by atoms with Crippen molar-refractivity contribution >= 4 is 38.6 Å². The molecule has 2 aromatic rings. The molecule has 17 heavy (non-hydrogen) atoms. The van der Waals surface area contributed by atoms with Gasteiger partial charge in [0.1, 0.15) is 11.1 Å². The maximum absolute atomic E-state index is 9.32. The van der Waals surface area contributed by atoms with Gasteiger partial charge in [0.15, 0.2) is 0 Å². The van der Waals surface area contributed by atoms with E-state index in [4.69, 9.17) is 0 Å². The molecule has 0 saturated carbocycles. The van der Waals surface area contributed by atoms with Gasteiger partial charge in [0.05, 0.1) is 11.1 Å². The minimum atomic E-state index is 0.726. The number of aryl methyl sites for hydroxylation is 1. The molecule has 4 heteroatoms. The van der Waals surface area contributed by atoms with Crippen molar-refractivity contribution in [3.63, 3.8) is 0 Å². The Morgan fingerprint density at radius 3 is 2.65 bits per heavy atom. The van der Waals surface area contributed by atoms with E-state index in [1.54, 1.807) is 11.8 Å². The van der Waals surface area contributed by atoms with Crippen LogP contribution < -0.4 is 0 Å². The van der Waals surface area contributed by atoms with Gasteiger partial charge in [-0.1, -0.05) is 0 Å². The number of pyridine rings is 1. The van der Waals surface area contributed by atoms with Gasteiger partial charge in [-0.25, -0.2) is 4.98 Å². The summed E-state index contributed by atoms with van der Waals surface area (Å²) in [6.07, 6.45) is 1.98. The molecular formula is C13H11BrN2S. The van der Waals surface area contributed by atoms with Gasteiger partial charge in [0.25, 0.3) is 0 Å². The summed E-state index contributed by atoms with van der Waals surface area (Å²) >= 11 is 5.09. The molecule has 0 aliphatic carbocycles. The predicted octanol–water partition coefficient (Wildman–Crippen LogP) is 4.21. The van der Waals surface area contributed by atoms with Crippen molar-refractivity contribution in [1.82, 2.24) is 4.98 Å². The Morgan fingerprint density at radius 2 is 2.06 bits per heavy atom. The van der Waals surface area contributed by atoms with Crippen LogP contribution in [0.3, 0.4) is 0 Å². The number of fused-ring (bicyclic) bond motifs is 1. The van der Waals surface area contributed by atoms with Crippen molar-refractivity contribution in [2.75, 3.05) is 6.26 Å². The lowest BCUT2D eigenvalue weighted by Gasteiger charge is -2.10. The number of nitriles is 1. The first-order chi connectivity index (χ1) is 8.08. The molecule has 2 nitrogen and oxygen atoms in total. The van der Waals surface area contributed by atoms with E-state index in [0.717, 1.165) is 37.1 Å². The number of rotatable bonds is 1. The Bertz CT molecular complexity index is 644. The molecule has 0 amide bonds. The van der Waals surface area contributed by atoms with Crippen LogP contribution in [0, 0.1) is 25.2 Å². The monoisotopic (exact) mass is 306 g/mol. The van der Waals surface area contributed by atoms with Crippen molar-refractivity contribution in [3.05, 3.63) is 33.3 Å². The second kappa shape index (κ2) is 4.67. The molecule has 0 bridgehead atoms. The Labute approximate surface area is 113 Å². The first-order valence-electron chi connectivity index (χ1n) is 5.13. The highest BCUT2D eigenvalue weighted by Crippen LogP contribution is 2.32. The van der Waals surface area contributed by atoms with Crippen molar-refractivity contribution in [2.45, 2.75) is 18.9 Å². The molecule has 0 aliphatic heterocycles. The lowest BCUT2D eigenvalue weighted by molar-refractivity contribution is 1.11. The van der Waals surface area contributed by atoms with Crippen LogP contribution in [-0.2, 0) is 0 Å². The zero-order chi connectivity index (χ0) is 12.6. The normalized spacial score (nSPS) is 10.5. The fraction of sp³-hybridized carbons (Fsp3) is 0.231. The molecule has 0 fully saturated rings. The van der Waals surface area contributed by atoms with Crippen LogP contribution >= 0.6 is 27.7 Å². The molecule has 0 saturated heterocycles. The molecular weight excluding hydrogens is 296 g/mol. The number of nitrogens with zero attached hydrogens (tertiary/aromatic N) is 2. The summed E-state index contributed by atoms with van der Waals surface area (Å²) in [5, 5.41) is 11.2. The van der Waals surface area contributed by atoms with Gasteiger partial charge >= 0.3 is 0 Å². The molecule has 2 rings (SSSR count). The van der Waals surface area contributed by atoms with Crippen molar-refractivity contribution < 1.29 is 0 Å². The van der Waals surface area contributed by atoms with Crippen LogP contribution in [0.2, 0.25) is 0 Å². The Balaban J connectivity index is 2.99. The fourth-order valence-electron chi connectivity index (χ4n) is 1.88. The quantitative estimate of drug-likeness (QED) is 0.741. The summed E-state index contributed by atoms with van der Waals surface area (Å²) in [6, 6.07) is 6.33. The van der Waals surface area contributed by atoms with Crippen LogP contribution in [0.4, 0.5) is 0 Å². The van der Waals surface area contributed by atoms with Gasteiger partial charge < -0.3 is 0 Å². The number of halogens is 1. The SMILES string of the molecule is CSc1nc2c(Br)cc(C)cc2c(C#N)c1C. The Hall–Kier alpha value is -1.05. The summed E-state index contributed by atoms with van der Waals surface area (Å²) in [7, 11) is 0. The third-order valence-corrected chi connectivity index (χ3v) is 4.08. The highest BCUT2D eigenvalue weighted by molar-refractivity contribution is 9.10. The van der Waals surface area contributed by atoms with Gasteiger partial charge in [-0.05, 0) is 59.3 Å². The van der Waals surface area contributed by atoms with E-state index < -0.39 is 0 Å². The predicted molar refractivity (Wildman–Crippen MR) is 75.4 cm³/mol. The summed E-state index contributed by atoms with van der Waals surface area (Å²) in [4.78, 5) is 4.61. The van der Waals surface area contributed by atoms with Gasteiger partial charge in [-0.2, -0.15) is 5.26 Å². The summed E-state index contributed by atoms with van der Waals surface area (Å²) < 4.78 is 0.944. The molecule has 0 N–H and O–H groups in total. The standard InChI is InChI=1S/C13H11BrN2S/c1-7-4-9-10(6-15)8(2)13(17-3)16-12(9)11(14)5-7/h4-5H,1-3H3. The molecule has 0 aliphatic rings. The van der Waals surface area contributed by atoms with Crippen LogP contribution in [0.15, 0.2) is 21.6 Å². The second-order valence-electron chi connectivity index (χ2n) is 3.88. The highest BCUT2D eigenvalue weighted by atomic mass is 79.9. The van der Waals surface area contributed by atoms with Gasteiger partial charge in [0, 0.05) is 9.86 Å². The molecule has 1 heterocycles. The van der Waals surface area contributed by atoms with E-state index in [9.17, 15) is 5.26 Å². The van der Waals surface area contributed by atoms with Crippen LogP contribution in [0.25, 0.3) is 10.9 Å². The first kappa shape index (κ1) is 12.4. The van der Waals surface area contributed by atoms with Gasteiger partial charge in [-0.15, -0.1) is 11.8 Å². The van der Waals surface area contributed by atoms with E-state index >= 15 is 0 Å². The number of thioether (sulfide) groups is 1. The van der Waals surface area contributed by atoms with Crippen LogP contribution in [0.5, 0.6) is 0 Å². The smallest absolute Gasteiger partial charge is 0.101 e. The maximum atomic E-state index is 9.32. The average Bonchev–Trinajstić information content (AvgIpc) is 2.28. The number of hydrogen-bond donors (Lipinski definition) is 0. The third-order valence-electron chi connectivity index (χ3n) is 2.69. The van der Waals surface area contributed by atoms with E-state index in [1.165, 1.54) is 0 Å². The van der Waals surface area contributed by atoms with Crippen molar-refractivity contribution in [2.24, 2.45) is 0 Å². The topological polar surface area (TPSA) is 36.7 Å². The Kier molecular flexibility index (Phi) is 3.41. The molecule has 1 aromatic carbocycles. The molecule has 1 aromatic heterocycles. The van der Waals surface area contributed by atoms with Crippen molar-refractivity contribution in [1.29, 1.82) is 5.26 Å². The zero-order valence-corrected chi connectivity index (χ0v) is 12.2. The largest absolute Gasteiger partial charge is 0.240 e. The molecule has 86 valence electrons. The number of hydrogen-bond acceptors (Lipinski definition) is 3. The molecule has 0 atom stereocenters. The summed E-state index contributed by atoms with van der Waals surface area (Å²) in [6.45, 7) is 3.97. The Morgan fingerprint density at radius 1 is 1.35 bits per heavy atom. The molecule has 0 spiro atoms. The summed E-state index contributed by atoms with van der Waals surface area (Å²) in [5.74, 6) is 0. The lowest BCUT2D eigenvalue weighted by Crippen LogP contribution is -1.95. The van der Waals surface area contributed by atoms with E-state index in [1.807, 2.05) is 32.2 Å². The van der Waals surface area contributed by atoms with Crippen LogP contribution in [-0.4, -0.2) is 11.2 Å². The minimum absolute atomic E-state index is 0.726. The second-order valence-corrected chi connectivity index (χ2v) is 5.53. The van der Waals surface area contributed by atoms with E-state index in [0.29, 0.717) is 0 Å². The van der Waals surface area contributed by atoms with Crippen molar-refractivity contribution in [3.8, 4) is 6.07 Å². The number of aromatic nitrogens is 1. The van der Waals surface area contributed by atoms with Gasteiger partial charge in [0.2, 0.25) is 0 Å². The third kappa shape index (κ3) is 2.05. The fourth-order valence-corrected chi connectivity index (χ4v) is 3.13. The zero-order valence-electron chi connectivity index (χ0n) is 9.84. The average molecular weight is 307 g/mol. The summed E-state index contributed by atoms with van der Waals surface area (Å²) in [5.41, 5.74) is 3.68. The van der Waals surface area contributed by atoms with E-state index in [-0.39, 0.29) is 0 Å². The minimum Gasteiger partial charge on any atom is -0.240 e. The van der Waals surface area contributed by atoms with Gasteiger partial charge in [-0.3, -0.25) is 0 Å². The van der Waals surface area contributed by atoms with Crippen LogP contribution in [0.1, 0.15) is 16.7 Å². The number of benzene rings is 1. The van der Waals surface area contributed by atoms with E-state index in [2.05, 4.69) is 27.0 Å². The molecule has 0 radical (unpaired) electrons.